The molecule has 0 amide bonds. The normalized spacial score (nSPS) is 12.6. The number of ketones is 1. The lowest BCUT2D eigenvalue weighted by Crippen LogP contribution is -1.96. The third-order valence-electron chi connectivity index (χ3n) is 3.06. The van der Waals surface area contributed by atoms with E-state index in [0.717, 1.165) is 5.69 Å². The minimum atomic E-state index is -0.147. The fraction of sp³-hybridized carbons (Fsp3) is 0.0625. The molecular weight excluding hydrogens is 325 g/mol. The highest BCUT2D eigenvalue weighted by atomic mass is 35.5. The molecule has 1 aliphatic rings. The number of anilines is 1. The van der Waals surface area contributed by atoms with Crippen molar-refractivity contribution in [3.05, 3.63) is 64.3 Å². The summed E-state index contributed by atoms with van der Waals surface area (Å²) in [6, 6.07) is 10.2. The Labute approximate surface area is 137 Å². The van der Waals surface area contributed by atoms with Crippen molar-refractivity contribution in [2.45, 2.75) is 0 Å². The summed E-state index contributed by atoms with van der Waals surface area (Å²) in [6.07, 6.45) is 2.98. The van der Waals surface area contributed by atoms with Crippen LogP contribution in [0.25, 0.3) is 0 Å². The maximum absolute atomic E-state index is 12.1. The van der Waals surface area contributed by atoms with Crippen molar-refractivity contribution in [2.24, 2.45) is 0 Å². The van der Waals surface area contributed by atoms with Gasteiger partial charge in [0.2, 0.25) is 6.79 Å². The molecule has 1 N–H and O–H groups in total. The van der Waals surface area contributed by atoms with Gasteiger partial charge in [0, 0.05) is 23.5 Å². The molecule has 6 heteroatoms. The Morgan fingerprint density at radius 1 is 1.05 bits per heavy atom. The first kappa shape index (κ1) is 14.8. The minimum Gasteiger partial charge on any atom is -0.454 e. The van der Waals surface area contributed by atoms with E-state index in [-0.39, 0.29) is 12.6 Å². The van der Waals surface area contributed by atoms with Crippen LogP contribution in [-0.4, -0.2) is 12.6 Å². The summed E-state index contributed by atoms with van der Waals surface area (Å²) in [6.45, 7) is 0.182. The molecule has 22 heavy (non-hydrogen) atoms. The van der Waals surface area contributed by atoms with Crippen LogP contribution in [0.3, 0.4) is 0 Å². The summed E-state index contributed by atoms with van der Waals surface area (Å²) in [5.74, 6) is 1.08. The molecule has 0 fully saturated rings. The number of fused-ring (bicyclic) bond motifs is 1. The zero-order valence-corrected chi connectivity index (χ0v) is 12.8. The van der Waals surface area contributed by atoms with Crippen LogP contribution < -0.4 is 14.8 Å². The first-order chi connectivity index (χ1) is 10.6. The van der Waals surface area contributed by atoms with Gasteiger partial charge in [0.15, 0.2) is 17.3 Å². The summed E-state index contributed by atoms with van der Waals surface area (Å²) < 4.78 is 10.5. The van der Waals surface area contributed by atoms with Gasteiger partial charge < -0.3 is 14.8 Å². The van der Waals surface area contributed by atoms with Crippen LogP contribution in [0, 0.1) is 0 Å². The Morgan fingerprint density at radius 2 is 1.86 bits per heavy atom. The van der Waals surface area contributed by atoms with Crippen LogP contribution in [-0.2, 0) is 0 Å². The molecule has 0 saturated carbocycles. The van der Waals surface area contributed by atoms with Gasteiger partial charge >= 0.3 is 0 Å². The van der Waals surface area contributed by atoms with Crippen molar-refractivity contribution in [3.63, 3.8) is 0 Å². The average molecular weight is 336 g/mol. The first-order valence-corrected chi connectivity index (χ1v) is 7.21. The molecule has 0 aliphatic carbocycles. The number of hydrogen-bond donors (Lipinski definition) is 1. The van der Waals surface area contributed by atoms with Gasteiger partial charge in [0.1, 0.15) is 0 Å². The SMILES string of the molecule is O=C(C=CNc1ccc(Cl)c(Cl)c1)c1ccc2c(c1)OCO2. The van der Waals surface area contributed by atoms with Gasteiger partial charge in [-0.1, -0.05) is 23.2 Å². The van der Waals surface area contributed by atoms with Crippen molar-refractivity contribution in [3.8, 4) is 11.5 Å². The van der Waals surface area contributed by atoms with E-state index in [9.17, 15) is 4.79 Å². The fourth-order valence-electron chi connectivity index (χ4n) is 1.95. The number of ether oxygens (including phenoxy) is 2. The van der Waals surface area contributed by atoms with Crippen LogP contribution in [0.15, 0.2) is 48.7 Å². The number of hydrogen-bond acceptors (Lipinski definition) is 4. The van der Waals surface area contributed by atoms with E-state index in [1.165, 1.54) is 6.08 Å². The molecule has 0 saturated heterocycles. The number of halogens is 2. The predicted molar refractivity (Wildman–Crippen MR) is 86.1 cm³/mol. The van der Waals surface area contributed by atoms with Gasteiger partial charge in [-0.25, -0.2) is 0 Å². The van der Waals surface area contributed by atoms with Crippen molar-refractivity contribution < 1.29 is 14.3 Å². The number of nitrogens with one attached hydrogen (secondary N) is 1. The molecule has 3 rings (SSSR count). The molecular formula is C16H11Cl2NO3. The van der Waals surface area contributed by atoms with Crippen LogP contribution in [0.2, 0.25) is 10.0 Å². The topological polar surface area (TPSA) is 47.6 Å². The van der Waals surface area contributed by atoms with Crippen molar-refractivity contribution >= 4 is 34.7 Å². The maximum atomic E-state index is 12.1. The highest BCUT2D eigenvalue weighted by Gasteiger charge is 2.14. The molecule has 0 unspecified atom stereocenters. The van der Waals surface area contributed by atoms with Gasteiger partial charge in [-0.3, -0.25) is 4.79 Å². The van der Waals surface area contributed by atoms with Gasteiger partial charge in [0.05, 0.1) is 10.0 Å². The molecule has 0 radical (unpaired) electrons. The number of carbonyl (C=O) groups is 1. The van der Waals surface area contributed by atoms with E-state index in [0.29, 0.717) is 27.1 Å². The highest BCUT2D eigenvalue weighted by molar-refractivity contribution is 6.42. The van der Waals surface area contributed by atoms with Gasteiger partial charge in [-0.15, -0.1) is 0 Å². The van der Waals surface area contributed by atoms with E-state index in [4.69, 9.17) is 32.7 Å². The van der Waals surface area contributed by atoms with Crippen LogP contribution in [0.4, 0.5) is 5.69 Å². The van der Waals surface area contributed by atoms with Gasteiger partial charge in [-0.05, 0) is 36.4 Å². The molecule has 2 aromatic rings. The third-order valence-corrected chi connectivity index (χ3v) is 3.80. The lowest BCUT2D eigenvalue weighted by Gasteiger charge is -2.02. The Balaban J connectivity index is 1.67. The highest BCUT2D eigenvalue weighted by Crippen LogP contribution is 2.32. The van der Waals surface area contributed by atoms with Gasteiger partial charge in [-0.2, -0.15) is 0 Å². The number of benzene rings is 2. The molecule has 0 aromatic heterocycles. The number of carbonyl (C=O) groups excluding carboxylic acids is 1. The fourth-order valence-corrected chi connectivity index (χ4v) is 2.24. The van der Waals surface area contributed by atoms with Crippen molar-refractivity contribution in [2.75, 3.05) is 12.1 Å². The molecule has 4 nitrogen and oxygen atoms in total. The van der Waals surface area contributed by atoms with E-state index in [2.05, 4.69) is 5.32 Å². The molecule has 0 bridgehead atoms. The summed E-state index contributed by atoms with van der Waals surface area (Å²) in [7, 11) is 0. The Bertz CT molecular complexity index is 759. The second kappa shape index (κ2) is 6.30. The quantitative estimate of drug-likeness (QED) is 0.658. The molecule has 1 heterocycles. The van der Waals surface area contributed by atoms with E-state index in [1.54, 1.807) is 42.6 Å². The summed E-state index contributed by atoms with van der Waals surface area (Å²) in [5, 5.41) is 3.89. The Kier molecular flexibility index (Phi) is 4.22. The van der Waals surface area contributed by atoms with E-state index < -0.39 is 0 Å². The maximum Gasteiger partial charge on any atom is 0.231 e. The lowest BCUT2D eigenvalue weighted by atomic mass is 10.1. The second-order valence-electron chi connectivity index (χ2n) is 4.54. The third kappa shape index (κ3) is 3.18. The van der Waals surface area contributed by atoms with Crippen molar-refractivity contribution in [1.29, 1.82) is 0 Å². The van der Waals surface area contributed by atoms with Gasteiger partial charge in [0.25, 0.3) is 0 Å². The monoisotopic (exact) mass is 335 g/mol. The summed E-state index contributed by atoms with van der Waals surface area (Å²) in [4.78, 5) is 12.1. The van der Waals surface area contributed by atoms with Crippen molar-refractivity contribution in [1.82, 2.24) is 0 Å². The average Bonchev–Trinajstić information content (AvgIpc) is 2.98. The first-order valence-electron chi connectivity index (χ1n) is 6.45. The molecule has 1 aliphatic heterocycles. The van der Waals surface area contributed by atoms with E-state index in [1.807, 2.05) is 0 Å². The second-order valence-corrected chi connectivity index (χ2v) is 5.35. The predicted octanol–water partition coefficient (Wildman–Crippen LogP) is 4.53. The molecule has 0 spiro atoms. The lowest BCUT2D eigenvalue weighted by molar-refractivity contribution is 0.104. The van der Waals surface area contributed by atoms with E-state index >= 15 is 0 Å². The standard InChI is InChI=1S/C16H11Cl2NO3/c17-12-3-2-11(8-13(12)18)19-6-5-14(20)10-1-4-15-16(7-10)22-9-21-15/h1-8,19H,9H2. The number of rotatable bonds is 4. The zero-order valence-electron chi connectivity index (χ0n) is 11.3. The Hall–Kier alpha value is -2.17. The smallest absolute Gasteiger partial charge is 0.231 e. The summed E-state index contributed by atoms with van der Waals surface area (Å²) >= 11 is 11.8. The van der Waals surface area contributed by atoms with Crippen LogP contribution in [0.5, 0.6) is 11.5 Å². The van der Waals surface area contributed by atoms with Crippen LogP contribution in [0.1, 0.15) is 10.4 Å². The van der Waals surface area contributed by atoms with Crippen LogP contribution >= 0.6 is 23.2 Å². The minimum absolute atomic E-state index is 0.147. The summed E-state index contributed by atoms with van der Waals surface area (Å²) in [5.41, 5.74) is 1.26. The number of allylic oxidation sites excluding steroid dienone is 1. The molecule has 0 atom stereocenters. The molecule has 2 aromatic carbocycles. The Morgan fingerprint density at radius 3 is 2.68 bits per heavy atom. The zero-order chi connectivity index (χ0) is 15.5. The molecule has 112 valence electrons. The largest absolute Gasteiger partial charge is 0.454 e.